The molecule has 0 spiro atoms. The number of hydrogen-bond acceptors (Lipinski definition) is 4. The Kier molecular flexibility index (Phi) is 5.03. The SMILES string of the molecule is Cc1ccc(C(C)C)c(OCC(O)CN2C(=O)CNC2=O)c1. The average molecular weight is 306 g/mol. The van der Waals surface area contributed by atoms with Gasteiger partial charge in [-0.25, -0.2) is 4.79 Å². The number of urea groups is 1. The van der Waals surface area contributed by atoms with Gasteiger partial charge in [0.25, 0.3) is 0 Å². The van der Waals surface area contributed by atoms with Crippen LogP contribution in [0.25, 0.3) is 0 Å². The Balaban J connectivity index is 1.96. The van der Waals surface area contributed by atoms with E-state index >= 15 is 0 Å². The van der Waals surface area contributed by atoms with Crippen LogP contribution in [0.4, 0.5) is 4.79 Å². The molecule has 1 aromatic rings. The standard InChI is InChI=1S/C16H22N2O4/c1-10(2)13-5-4-11(3)6-14(13)22-9-12(19)8-18-15(20)7-17-16(18)21/h4-6,10,12,19H,7-9H2,1-3H3,(H,17,21). The van der Waals surface area contributed by atoms with E-state index in [9.17, 15) is 14.7 Å². The number of imide groups is 1. The van der Waals surface area contributed by atoms with Crippen molar-refractivity contribution in [3.05, 3.63) is 29.3 Å². The minimum atomic E-state index is -0.923. The molecule has 1 aromatic carbocycles. The number of carbonyl (C=O) groups excluding carboxylic acids is 2. The second-order valence-corrected chi connectivity index (χ2v) is 5.82. The number of benzene rings is 1. The number of nitrogens with zero attached hydrogens (tertiary/aromatic N) is 1. The molecular formula is C16H22N2O4. The molecule has 1 aliphatic heterocycles. The van der Waals surface area contributed by atoms with Crippen LogP contribution < -0.4 is 10.1 Å². The molecule has 2 N–H and O–H groups in total. The second kappa shape index (κ2) is 6.79. The van der Waals surface area contributed by atoms with Gasteiger partial charge in [-0.15, -0.1) is 0 Å². The summed E-state index contributed by atoms with van der Waals surface area (Å²) in [5.41, 5.74) is 2.13. The average Bonchev–Trinajstić information content (AvgIpc) is 2.76. The van der Waals surface area contributed by atoms with Crippen LogP contribution in [0, 0.1) is 6.92 Å². The molecule has 1 fully saturated rings. The van der Waals surface area contributed by atoms with E-state index in [4.69, 9.17) is 4.74 Å². The van der Waals surface area contributed by atoms with Crippen LogP contribution >= 0.6 is 0 Å². The van der Waals surface area contributed by atoms with E-state index < -0.39 is 12.1 Å². The number of nitrogens with one attached hydrogen (secondary N) is 1. The zero-order valence-corrected chi connectivity index (χ0v) is 13.1. The second-order valence-electron chi connectivity index (χ2n) is 5.82. The molecule has 22 heavy (non-hydrogen) atoms. The number of aliphatic hydroxyl groups excluding tert-OH is 1. The van der Waals surface area contributed by atoms with Gasteiger partial charge in [-0.1, -0.05) is 26.0 Å². The summed E-state index contributed by atoms with van der Waals surface area (Å²) in [6.07, 6.45) is -0.923. The number of rotatable bonds is 6. The largest absolute Gasteiger partial charge is 0.491 e. The number of aryl methyl sites for hydroxylation is 1. The molecule has 2 rings (SSSR count). The normalized spacial score (nSPS) is 16.1. The molecule has 1 heterocycles. The predicted molar refractivity (Wildman–Crippen MR) is 81.9 cm³/mol. The molecule has 120 valence electrons. The van der Waals surface area contributed by atoms with E-state index in [0.29, 0.717) is 5.92 Å². The molecule has 6 nitrogen and oxygen atoms in total. The maximum Gasteiger partial charge on any atom is 0.324 e. The first-order valence-corrected chi connectivity index (χ1v) is 7.38. The van der Waals surface area contributed by atoms with E-state index in [1.54, 1.807) is 0 Å². The third-order valence-corrected chi connectivity index (χ3v) is 3.55. The van der Waals surface area contributed by atoms with Crippen molar-refractivity contribution in [2.24, 2.45) is 0 Å². The smallest absolute Gasteiger partial charge is 0.324 e. The third-order valence-electron chi connectivity index (χ3n) is 3.55. The monoisotopic (exact) mass is 306 g/mol. The highest BCUT2D eigenvalue weighted by Crippen LogP contribution is 2.27. The highest BCUT2D eigenvalue weighted by molar-refractivity contribution is 6.01. The van der Waals surface area contributed by atoms with Crippen molar-refractivity contribution in [2.45, 2.75) is 32.8 Å². The summed E-state index contributed by atoms with van der Waals surface area (Å²) in [4.78, 5) is 23.9. The molecule has 0 aromatic heterocycles. The number of amides is 3. The minimum Gasteiger partial charge on any atom is -0.491 e. The Hall–Kier alpha value is -2.08. The highest BCUT2D eigenvalue weighted by Gasteiger charge is 2.30. The van der Waals surface area contributed by atoms with Crippen LogP contribution in [0.5, 0.6) is 5.75 Å². The third kappa shape index (κ3) is 3.76. The fourth-order valence-electron chi connectivity index (χ4n) is 2.33. The van der Waals surface area contributed by atoms with Crippen molar-refractivity contribution in [1.29, 1.82) is 0 Å². The molecule has 0 saturated carbocycles. The van der Waals surface area contributed by atoms with E-state index in [1.165, 1.54) is 0 Å². The summed E-state index contributed by atoms with van der Waals surface area (Å²) in [6, 6.07) is 5.49. The van der Waals surface area contributed by atoms with Gasteiger partial charge in [0, 0.05) is 0 Å². The lowest BCUT2D eigenvalue weighted by Gasteiger charge is -2.20. The van der Waals surface area contributed by atoms with Gasteiger partial charge in [-0.3, -0.25) is 9.69 Å². The van der Waals surface area contributed by atoms with Gasteiger partial charge in [0.2, 0.25) is 5.91 Å². The van der Waals surface area contributed by atoms with Crippen molar-refractivity contribution in [3.63, 3.8) is 0 Å². The summed E-state index contributed by atoms with van der Waals surface area (Å²) >= 11 is 0. The van der Waals surface area contributed by atoms with E-state index in [0.717, 1.165) is 21.8 Å². The van der Waals surface area contributed by atoms with Gasteiger partial charge >= 0.3 is 6.03 Å². The molecule has 1 saturated heterocycles. The van der Waals surface area contributed by atoms with Gasteiger partial charge < -0.3 is 15.2 Å². The Morgan fingerprint density at radius 1 is 1.36 bits per heavy atom. The molecule has 6 heteroatoms. The van der Waals surface area contributed by atoms with E-state index in [-0.39, 0.29) is 25.6 Å². The lowest BCUT2D eigenvalue weighted by atomic mass is 10.0. The molecular weight excluding hydrogens is 284 g/mol. The summed E-state index contributed by atoms with van der Waals surface area (Å²) < 4.78 is 5.70. The maximum absolute atomic E-state index is 11.5. The summed E-state index contributed by atoms with van der Waals surface area (Å²) in [7, 11) is 0. The molecule has 1 unspecified atom stereocenters. The summed E-state index contributed by atoms with van der Waals surface area (Å²) in [6.45, 7) is 6.07. The van der Waals surface area contributed by atoms with Crippen LogP contribution in [-0.2, 0) is 4.79 Å². The van der Waals surface area contributed by atoms with Crippen molar-refractivity contribution in [3.8, 4) is 5.75 Å². The van der Waals surface area contributed by atoms with Crippen LogP contribution in [0.3, 0.4) is 0 Å². The molecule has 0 aliphatic carbocycles. The zero-order chi connectivity index (χ0) is 16.3. The van der Waals surface area contributed by atoms with Crippen molar-refractivity contribution < 1.29 is 19.4 Å². The molecule has 1 atom stereocenters. The van der Waals surface area contributed by atoms with Gasteiger partial charge in [0.05, 0.1) is 13.1 Å². The molecule has 1 aliphatic rings. The van der Waals surface area contributed by atoms with Gasteiger partial charge in [-0.2, -0.15) is 0 Å². The fourth-order valence-corrected chi connectivity index (χ4v) is 2.33. The van der Waals surface area contributed by atoms with Crippen LogP contribution in [0.2, 0.25) is 0 Å². The Morgan fingerprint density at radius 2 is 2.09 bits per heavy atom. The predicted octanol–water partition coefficient (Wildman–Crippen LogP) is 1.41. The Morgan fingerprint density at radius 3 is 2.68 bits per heavy atom. The molecule has 0 bridgehead atoms. The van der Waals surface area contributed by atoms with Crippen LogP contribution in [0.1, 0.15) is 30.9 Å². The Bertz CT molecular complexity index is 555. The quantitative estimate of drug-likeness (QED) is 0.779. The zero-order valence-electron chi connectivity index (χ0n) is 13.1. The number of hydrogen-bond donors (Lipinski definition) is 2. The summed E-state index contributed by atoms with van der Waals surface area (Å²) in [5, 5.41) is 12.4. The lowest BCUT2D eigenvalue weighted by Crippen LogP contribution is -2.39. The number of aliphatic hydroxyl groups is 1. The molecule has 0 radical (unpaired) electrons. The topological polar surface area (TPSA) is 78.9 Å². The number of ether oxygens (including phenoxy) is 1. The van der Waals surface area contributed by atoms with E-state index in [2.05, 4.69) is 19.2 Å². The Labute approximate surface area is 130 Å². The highest BCUT2D eigenvalue weighted by atomic mass is 16.5. The fraction of sp³-hybridized carbons (Fsp3) is 0.500. The minimum absolute atomic E-state index is 0.0121. The van der Waals surface area contributed by atoms with Crippen LogP contribution in [0.15, 0.2) is 18.2 Å². The van der Waals surface area contributed by atoms with Gasteiger partial charge in [0.15, 0.2) is 0 Å². The van der Waals surface area contributed by atoms with Crippen molar-refractivity contribution in [1.82, 2.24) is 10.2 Å². The van der Waals surface area contributed by atoms with Crippen molar-refractivity contribution in [2.75, 3.05) is 19.7 Å². The van der Waals surface area contributed by atoms with Gasteiger partial charge in [0.1, 0.15) is 18.5 Å². The van der Waals surface area contributed by atoms with Gasteiger partial charge in [-0.05, 0) is 30.0 Å². The first kappa shape index (κ1) is 16.3. The molecule has 3 amide bonds. The van der Waals surface area contributed by atoms with Crippen LogP contribution in [-0.4, -0.2) is 47.7 Å². The van der Waals surface area contributed by atoms with Crippen molar-refractivity contribution >= 4 is 11.9 Å². The number of β-amino-alcohol motifs (C(OH)–C–C–N with tert-alkyl or cyclic N) is 1. The maximum atomic E-state index is 11.5. The summed E-state index contributed by atoms with van der Waals surface area (Å²) in [5.74, 6) is 0.701. The first-order chi connectivity index (χ1) is 10.4. The number of carbonyl (C=O) groups is 2. The lowest BCUT2D eigenvalue weighted by molar-refractivity contribution is -0.126. The van der Waals surface area contributed by atoms with E-state index in [1.807, 2.05) is 25.1 Å². The first-order valence-electron chi connectivity index (χ1n) is 7.38.